The van der Waals surface area contributed by atoms with Crippen molar-refractivity contribution in [2.45, 2.75) is 32.7 Å². The second kappa shape index (κ2) is 7.02. The van der Waals surface area contributed by atoms with Crippen LogP contribution in [0.1, 0.15) is 31.7 Å². The maximum absolute atomic E-state index is 3.69. The first-order valence-corrected chi connectivity index (χ1v) is 9.75. The van der Waals surface area contributed by atoms with Crippen LogP contribution in [0.5, 0.6) is 0 Å². The zero-order valence-corrected chi connectivity index (χ0v) is 12.0. The van der Waals surface area contributed by atoms with Crippen LogP contribution in [0, 0.1) is 0 Å². The molecule has 1 rings (SSSR count). The fraction of sp³-hybridized carbons (Fsp3) is 0.385. The fourth-order valence-electron chi connectivity index (χ4n) is 1.40. The molecule has 0 fully saturated rings. The molecule has 1 aromatic rings. The van der Waals surface area contributed by atoms with Gasteiger partial charge in [0.1, 0.15) is 0 Å². The average molecular weight is 282 g/mol. The van der Waals surface area contributed by atoms with Crippen molar-refractivity contribution in [3.63, 3.8) is 0 Å². The number of halogens is 1. The van der Waals surface area contributed by atoms with E-state index < -0.39 is 7.42 Å². The lowest BCUT2D eigenvalue weighted by Gasteiger charge is -2.02. The second-order valence-electron chi connectivity index (χ2n) is 3.70. The number of unbranched alkanes of at least 4 members (excludes halogenated alkanes) is 2. The summed E-state index contributed by atoms with van der Waals surface area (Å²) in [5.74, 6) is 0. The van der Waals surface area contributed by atoms with Crippen LogP contribution in [0.3, 0.4) is 0 Å². The lowest BCUT2D eigenvalue weighted by molar-refractivity contribution is 0.816. The predicted molar refractivity (Wildman–Crippen MR) is 75.2 cm³/mol. The Morgan fingerprint density at radius 2 is 2.20 bits per heavy atom. The van der Waals surface area contributed by atoms with Crippen LogP contribution in [0.4, 0.5) is 0 Å². The van der Waals surface area contributed by atoms with Crippen molar-refractivity contribution >= 4 is 34.0 Å². The molecule has 0 aliphatic heterocycles. The fourth-order valence-corrected chi connectivity index (χ4v) is 2.83. The zero-order valence-electron chi connectivity index (χ0n) is 9.46. The number of hydrogen-bond acceptors (Lipinski definition) is 0. The molecule has 0 saturated heterocycles. The van der Waals surface area contributed by atoms with E-state index in [1.165, 1.54) is 30.0 Å². The van der Waals surface area contributed by atoms with E-state index in [-0.39, 0.29) is 0 Å². The normalized spacial score (nSPS) is 11.5. The molecule has 0 atom stereocenters. The Hall–Kier alpha value is -0.343. The van der Waals surface area contributed by atoms with Crippen LogP contribution in [-0.4, -0.2) is 7.42 Å². The van der Waals surface area contributed by atoms with Gasteiger partial charge in [-0.05, 0) is 17.2 Å². The van der Waals surface area contributed by atoms with Gasteiger partial charge in [-0.15, -0.1) is 15.3 Å². The van der Waals surface area contributed by atoms with E-state index in [1.54, 1.807) is 0 Å². The Bertz CT molecular complexity index is 318. The van der Waals surface area contributed by atoms with Crippen molar-refractivity contribution in [1.82, 2.24) is 0 Å². The first kappa shape index (κ1) is 12.7. The Kier molecular flexibility index (Phi) is 5.95. The van der Waals surface area contributed by atoms with Gasteiger partial charge in [-0.25, -0.2) is 0 Å². The zero-order chi connectivity index (χ0) is 11.1. The highest BCUT2D eigenvalue weighted by Crippen LogP contribution is 2.05. The molecule has 0 heterocycles. The molecule has 0 spiro atoms. The summed E-state index contributed by atoms with van der Waals surface area (Å²) >= 11 is 3.69. The van der Waals surface area contributed by atoms with Gasteiger partial charge in [0, 0.05) is 0 Å². The molecule has 0 nitrogen and oxygen atoms in total. The monoisotopic (exact) mass is 281 g/mol. The van der Waals surface area contributed by atoms with Crippen LogP contribution < -0.4 is 5.19 Å². The molecule has 81 valence electrons. The van der Waals surface area contributed by atoms with Crippen molar-refractivity contribution in [1.29, 1.82) is 0 Å². The van der Waals surface area contributed by atoms with Crippen LogP contribution >= 0.6 is 15.3 Å². The maximum Gasteiger partial charge on any atom is 0.166 e. The highest BCUT2D eigenvalue weighted by atomic mass is 79.9. The quantitative estimate of drug-likeness (QED) is 0.433. The summed E-state index contributed by atoms with van der Waals surface area (Å²) in [6, 6.07) is 8.80. The minimum Gasteiger partial charge on any atom is -0.122 e. The van der Waals surface area contributed by atoms with Gasteiger partial charge in [0.15, 0.2) is 7.42 Å². The highest BCUT2D eigenvalue weighted by molar-refractivity contribution is 9.25. The standard InChI is InChI=1S/C13H18BrSi/c1-3-4-5-6-8-12-9-7-10-13(11-12)15(2)14/h6-11H,3-5H2,1-2H3. The van der Waals surface area contributed by atoms with Crippen LogP contribution in [0.15, 0.2) is 30.3 Å². The van der Waals surface area contributed by atoms with E-state index in [0.717, 1.165) is 0 Å². The van der Waals surface area contributed by atoms with E-state index in [2.05, 4.69) is 65.2 Å². The summed E-state index contributed by atoms with van der Waals surface area (Å²) in [6.45, 7) is 4.48. The summed E-state index contributed by atoms with van der Waals surface area (Å²) in [7, 11) is -0.490. The third-order valence-electron chi connectivity index (χ3n) is 2.32. The first-order chi connectivity index (χ1) is 7.24. The molecular formula is C13H18BrSi. The Morgan fingerprint density at radius 3 is 2.87 bits per heavy atom. The maximum atomic E-state index is 3.69. The lowest BCUT2D eigenvalue weighted by Crippen LogP contribution is -2.19. The summed E-state index contributed by atoms with van der Waals surface area (Å²) in [4.78, 5) is 0. The SMILES string of the molecule is CCCCC=Cc1cccc([Si](C)Br)c1. The molecule has 0 bridgehead atoms. The minimum absolute atomic E-state index is 0.490. The number of benzene rings is 1. The molecule has 0 aromatic heterocycles. The molecule has 0 unspecified atom stereocenters. The number of hydrogen-bond donors (Lipinski definition) is 0. The van der Waals surface area contributed by atoms with Crippen molar-refractivity contribution in [2.24, 2.45) is 0 Å². The summed E-state index contributed by atoms with van der Waals surface area (Å²) < 4.78 is 0. The molecule has 1 aromatic carbocycles. The van der Waals surface area contributed by atoms with Gasteiger partial charge in [-0.1, -0.05) is 62.7 Å². The molecule has 0 aliphatic rings. The molecule has 15 heavy (non-hydrogen) atoms. The largest absolute Gasteiger partial charge is 0.166 e. The highest BCUT2D eigenvalue weighted by Gasteiger charge is 2.02. The number of allylic oxidation sites excluding steroid dienone is 1. The van der Waals surface area contributed by atoms with E-state index in [1.807, 2.05) is 0 Å². The predicted octanol–water partition coefficient (Wildman–Crippen LogP) is 4.11. The molecular weight excluding hydrogens is 264 g/mol. The minimum atomic E-state index is -0.490. The lowest BCUT2D eigenvalue weighted by atomic mass is 10.2. The van der Waals surface area contributed by atoms with Crippen LogP contribution in [-0.2, 0) is 0 Å². The summed E-state index contributed by atoms with van der Waals surface area (Å²) in [5, 5.41) is 1.44. The first-order valence-electron chi connectivity index (χ1n) is 5.50. The van der Waals surface area contributed by atoms with Gasteiger partial charge in [-0.3, -0.25) is 0 Å². The van der Waals surface area contributed by atoms with Crippen molar-refractivity contribution in [3.05, 3.63) is 35.9 Å². The van der Waals surface area contributed by atoms with Crippen LogP contribution in [0.2, 0.25) is 6.55 Å². The third kappa shape index (κ3) is 4.80. The molecule has 0 amide bonds. The third-order valence-corrected chi connectivity index (χ3v) is 4.80. The van der Waals surface area contributed by atoms with Crippen molar-refractivity contribution < 1.29 is 0 Å². The van der Waals surface area contributed by atoms with Gasteiger partial charge >= 0.3 is 0 Å². The van der Waals surface area contributed by atoms with E-state index in [0.29, 0.717) is 0 Å². The summed E-state index contributed by atoms with van der Waals surface area (Å²) in [5.41, 5.74) is 1.33. The van der Waals surface area contributed by atoms with Gasteiger partial charge < -0.3 is 0 Å². The van der Waals surface area contributed by atoms with E-state index >= 15 is 0 Å². The van der Waals surface area contributed by atoms with Gasteiger partial charge in [0.05, 0.1) is 0 Å². The Balaban J connectivity index is 2.61. The topological polar surface area (TPSA) is 0 Å². The Labute approximate surface area is 103 Å². The van der Waals surface area contributed by atoms with Gasteiger partial charge in [0.2, 0.25) is 0 Å². The summed E-state index contributed by atoms with van der Waals surface area (Å²) in [6.07, 6.45) is 8.26. The van der Waals surface area contributed by atoms with E-state index in [4.69, 9.17) is 0 Å². The average Bonchev–Trinajstić information content (AvgIpc) is 2.25. The number of rotatable bonds is 5. The van der Waals surface area contributed by atoms with Crippen LogP contribution in [0.25, 0.3) is 6.08 Å². The molecule has 1 radical (unpaired) electrons. The van der Waals surface area contributed by atoms with Crippen molar-refractivity contribution in [2.75, 3.05) is 0 Å². The Morgan fingerprint density at radius 1 is 1.40 bits per heavy atom. The van der Waals surface area contributed by atoms with E-state index in [9.17, 15) is 0 Å². The smallest absolute Gasteiger partial charge is 0.122 e. The molecule has 0 saturated carbocycles. The van der Waals surface area contributed by atoms with Crippen molar-refractivity contribution in [3.8, 4) is 0 Å². The molecule has 0 aliphatic carbocycles. The molecule has 0 N–H and O–H groups in total. The molecule has 2 heteroatoms. The van der Waals surface area contributed by atoms with Gasteiger partial charge in [-0.2, -0.15) is 0 Å². The van der Waals surface area contributed by atoms with Gasteiger partial charge in [0.25, 0.3) is 0 Å². The second-order valence-corrected chi connectivity index (χ2v) is 8.92.